The summed E-state index contributed by atoms with van der Waals surface area (Å²) in [6.07, 6.45) is 2.60. The summed E-state index contributed by atoms with van der Waals surface area (Å²) in [5.74, 6) is 0. The third kappa shape index (κ3) is 5.78. The van der Waals surface area contributed by atoms with Crippen LogP contribution >= 0.6 is 0 Å². The van der Waals surface area contributed by atoms with Crippen molar-refractivity contribution in [1.29, 1.82) is 0 Å². The van der Waals surface area contributed by atoms with E-state index in [0.717, 1.165) is 23.4 Å². The Balaban J connectivity index is 1.90. The van der Waals surface area contributed by atoms with Crippen LogP contribution in [0.25, 0.3) is 5.57 Å². The minimum Gasteiger partial charge on any atom is -0.372 e. The number of hydrogen-bond donors (Lipinski definition) is 2. The van der Waals surface area contributed by atoms with Gasteiger partial charge in [-0.3, -0.25) is 4.98 Å². The van der Waals surface area contributed by atoms with Crippen LogP contribution in [0.3, 0.4) is 0 Å². The standard InChI is InChI=1S/C28H28F3N3O2S/c1-19-16-21(20-8-10-23(11-9-20)28(29,30)31)18-27(33-19,22-12-14-32-15-13-22)24-6-5-7-25(17-24)37(35,36)34-26(2,3)4/h5-18,33-34H,1-4H3. The van der Waals surface area contributed by atoms with Crippen LogP contribution in [0.15, 0.2) is 95.8 Å². The fourth-order valence-corrected chi connectivity index (χ4v) is 5.84. The molecule has 0 saturated heterocycles. The third-order valence-electron chi connectivity index (χ3n) is 5.86. The zero-order valence-corrected chi connectivity index (χ0v) is 21.7. The van der Waals surface area contributed by atoms with Crippen molar-refractivity contribution in [3.63, 3.8) is 0 Å². The van der Waals surface area contributed by atoms with Gasteiger partial charge in [-0.15, -0.1) is 0 Å². The lowest BCUT2D eigenvalue weighted by atomic mass is 9.78. The molecule has 0 bridgehead atoms. The minimum atomic E-state index is -4.43. The topological polar surface area (TPSA) is 71.1 Å². The second-order valence-corrected chi connectivity index (χ2v) is 11.7. The van der Waals surface area contributed by atoms with Crippen molar-refractivity contribution in [2.45, 2.75) is 49.8 Å². The van der Waals surface area contributed by atoms with E-state index in [1.165, 1.54) is 18.2 Å². The van der Waals surface area contributed by atoms with Crippen molar-refractivity contribution in [3.05, 3.63) is 113 Å². The van der Waals surface area contributed by atoms with E-state index in [9.17, 15) is 21.6 Å². The van der Waals surface area contributed by atoms with Gasteiger partial charge >= 0.3 is 6.18 Å². The first kappa shape index (κ1) is 26.6. The number of hydrogen-bond acceptors (Lipinski definition) is 4. The highest BCUT2D eigenvalue weighted by atomic mass is 32.2. The number of halogens is 3. The summed E-state index contributed by atoms with van der Waals surface area (Å²) in [5, 5.41) is 3.49. The van der Waals surface area contributed by atoms with Crippen LogP contribution in [0, 0.1) is 0 Å². The van der Waals surface area contributed by atoms with Crippen LogP contribution in [0.2, 0.25) is 0 Å². The zero-order chi connectivity index (χ0) is 27.1. The summed E-state index contributed by atoms with van der Waals surface area (Å²) in [6, 6.07) is 15.3. The molecule has 1 atom stereocenters. The second kappa shape index (κ2) is 9.46. The average Bonchev–Trinajstić information content (AvgIpc) is 2.82. The number of alkyl halides is 3. The number of sulfonamides is 1. The molecule has 0 radical (unpaired) electrons. The lowest BCUT2D eigenvalue weighted by Gasteiger charge is -2.38. The molecule has 5 nitrogen and oxygen atoms in total. The summed E-state index contributed by atoms with van der Waals surface area (Å²) in [4.78, 5) is 4.22. The lowest BCUT2D eigenvalue weighted by molar-refractivity contribution is -0.137. The van der Waals surface area contributed by atoms with Gasteiger partial charge in [-0.1, -0.05) is 24.3 Å². The first-order valence-corrected chi connectivity index (χ1v) is 13.1. The molecule has 1 aliphatic heterocycles. The van der Waals surface area contributed by atoms with Gasteiger partial charge < -0.3 is 5.32 Å². The number of allylic oxidation sites excluding steroid dienone is 3. The molecule has 1 aromatic heterocycles. The monoisotopic (exact) mass is 527 g/mol. The molecule has 2 heterocycles. The van der Waals surface area contributed by atoms with Crippen molar-refractivity contribution in [1.82, 2.24) is 15.0 Å². The molecule has 37 heavy (non-hydrogen) atoms. The van der Waals surface area contributed by atoms with E-state index in [-0.39, 0.29) is 4.90 Å². The van der Waals surface area contributed by atoms with E-state index < -0.39 is 32.8 Å². The molecular weight excluding hydrogens is 499 g/mol. The highest BCUT2D eigenvalue weighted by Crippen LogP contribution is 2.39. The van der Waals surface area contributed by atoms with Crippen molar-refractivity contribution < 1.29 is 21.6 Å². The van der Waals surface area contributed by atoms with Gasteiger partial charge in [0, 0.05) is 23.6 Å². The SMILES string of the molecule is CC1=CC(c2ccc(C(F)(F)F)cc2)=CC(c2ccncc2)(c2cccc(S(=O)(=O)NC(C)(C)C)c2)N1. The highest BCUT2D eigenvalue weighted by molar-refractivity contribution is 7.89. The largest absolute Gasteiger partial charge is 0.416 e. The van der Waals surface area contributed by atoms with E-state index in [0.29, 0.717) is 16.7 Å². The summed E-state index contributed by atoms with van der Waals surface area (Å²) in [7, 11) is -3.82. The van der Waals surface area contributed by atoms with Crippen LogP contribution in [0.4, 0.5) is 13.2 Å². The molecule has 9 heteroatoms. The number of dihydropyridines is 1. The van der Waals surface area contributed by atoms with Crippen LogP contribution in [-0.2, 0) is 21.7 Å². The summed E-state index contributed by atoms with van der Waals surface area (Å²) in [6.45, 7) is 7.16. The van der Waals surface area contributed by atoms with Gasteiger partial charge in [0.2, 0.25) is 10.0 Å². The first-order chi connectivity index (χ1) is 17.2. The Bertz CT molecular complexity index is 1460. The third-order valence-corrected chi connectivity index (χ3v) is 7.62. The molecule has 3 aromatic rings. The van der Waals surface area contributed by atoms with E-state index >= 15 is 0 Å². The predicted octanol–water partition coefficient (Wildman–Crippen LogP) is 6.01. The quantitative estimate of drug-likeness (QED) is 0.426. The molecule has 0 saturated carbocycles. The molecule has 1 unspecified atom stereocenters. The number of benzene rings is 2. The molecule has 0 aliphatic carbocycles. The molecule has 0 amide bonds. The normalized spacial score (nSPS) is 18.6. The van der Waals surface area contributed by atoms with Crippen LogP contribution < -0.4 is 10.0 Å². The first-order valence-electron chi connectivity index (χ1n) is 11.6. The number of nitrogens with zero attached hydrogens (tertiary/aromatic N) is 1. The van der Waals surface area contributed by atoms with Crippen LogP contribution in [0.5, 0.6) is 0 Å². The average molecular weight is 528 g/mol. The number of pyridine rings is 1. The molecule has 2 N–H and O–H groups in total. The van der Waals surface area contributed by atoms with Gasteiger partial charge in [0.25, 0.3) is 0 Å². The molecule has 4 rings (SSSR count). The maximum Gasteiger partial charge on any atom is 0.416 e. The second-order valence-electron chi connectivity index (χ2n) is 10.1. The molecule has 2 aromatic carbocycles. The van der Waals surface area contributed by atoms with Crippen molar-refractivity contribution in [2.75, 3.05) is 0 Å². The Morgan fingerprint density at radius 3 is 2.16 bits per heavy atom. The van der Waals surface area contributed by atoms with Crippen molar-refractivity contribution >= 4 is 15.6 Å². The Hall–Kier alpha value is -3.43. The summed E-state index contributed by atoms with van der Waals surface area (Å²) in [5.41, 5.74) is 1.09. The number of rotatable bonds is 5. The van der Waals surface area contributed by atoms with Gasteiger partial charge in [0.1, 0.15) is 5.54 Å². The molecular formula is C28H28F3N3O2S. The molecule has 0 fully saturated rings. The predicted molar refractivity (Wildman–Crippen MR) is 138 cm³/mol. The van der Waals surface area contributed by atoms with Gasteiger partial charge in [0.05, 0.1) is 10.5 Å². The van der Waals surface area contributed by atoms with E-state index in [2.05, 4.69) is 15.0 Å². The Morgan fingerprint density at radius 2 is 1.57 bits per heavy atom. The zero-order valence-electron chi connectivity index (χ0n) is 20.9. The Labute approximate surface area is 215 Å². The number of nitrogens with one attached hydrogen (secondary N) is 2. The number of aromatic nitrogens is 1. The summed E-state index contributed by atoms with van der Waals surface area (Å²) >= 11 is 0. The van der Waals surface area contributed by atoms with Gasteiger partial charge in [-0.2, -0.15) is 13.2 Å². The lowest BCUT2D eigenvalue weighted by Crippen LogP contribution is -2.43. The summed E-state index contributed by atoms with van der Waals surface area (Å²) < 4.78 is 68.3. The van der Waals surface area contributed by atoms with Crippen molar-refractivity contribution in [3.8, 4) is 0 Å². The smallest absolute Gasteiger partial charge is 0.372 e. The maximum atomic E-state index is 13.1. The van der Waals surface area contributed by atoms with E-state index in [1.807, 2.05) is 37.3 Å². The molecule has 0 spiro atoms. The van der Waals surface area contributed by atoms with E-state index in [1.54, 1.807) is 45.3 Å². The van der Waals surface area contributed by atoms with Gasteiger partial charge in [0.15, 0.2) is 0 Å². The Morgan fingerprint density at radius 1 is 0.919 bits per heavy atom. The maximum absolute atomic E-state index is 13.1. The Kier molecular flexibility index (Phi) is 6.81. The molecule has 194 valence electrons. The van der Waals surface area contributed by atoms with Gasteiger partial charge in [-0.25, -0.2) is 13.1 Å². The highest BCUT2D eigenvalue weighted by Gasteiger charge is 2.36. The van der Waals surface area contributed by atoms with Crippen LogP contribution in [-0.4, -0.2) is 18.9 Å². The fraction of sp³-hybridized carbons (Fsp3) is 0.250. The van der Waals surface area contributed by atoms with E-state index in [4.69, 9.17) is 0 Å². The fourth-order valence-electron chi connectivity index (χ4n) is 4.37. The minimum absolute atomic E-state index is 0.104. The molecule has 1 aliphatic rings. The van der Waals surface area contributed by atoms with Crippen LogP contribution in [0.1, 0.15) is 49.9 Å². The van der Waals surface area contributed by atoms with Crippen molar-refractivity contribution in [2.24, 2.45) is 0 Å². The van der Waals surface area contributed by atoms with Gasteiger partial charge in [-0.05, 0) is 98.5 Å².